The topological polar surface area (TPSA) is 64.6 Å². The SMILES string of the molecule is CCOC(=O)C1=C(C)NC2=C(C(=O)c3ccccc32)[C@@H]1c1cc(Br)ccc1OCc1ccc(Br)cc1. The van der Waals surface area contributed by atoms with Crippen molar-refractivity contribution in [2.45, 2.75) is 26.4 Å². The van der Waals surface area contributed by atoms with Crippen LogP contribution in [0.15, 0.2) is 92.5 Å². The van der Waals surface area contributed by atoms with Crippen LogP contribution < -0.4 is 10.1 Å². The zero-order valence-electron chi connectivity index (χ0n) is 19.7. The van der Waals surface area contributed by atoms with E-state index in [0.29, 0.717) is 34.8 Å². The second-order valence-corrected chi connectivity index (χ2v) is 10.4. The van der Waals surface area contributed by atoms with Gasteiger partial charge in [0.25, 0.3) is 0 Å². The number of hydrogen-bond acceptors (Lipinski definition) is 5. The zero-order chi connectivity index (χ0) is 25.4. The Morgan fingerprint density at radius 3 is 2.39 bits per heavy atom. The molecule has 1 aliphatic carbocycles. The molecule has 5 rings (SSSR count). The van der Waals surface area contributed by atoms with Gasteiger partial charge in [0.15, 0.2) is 5.78 Å². The lowest BCUT2D eigenvalue weighted by Gasteiger charge is -2.30. The van der Waals surface area contributed by atoms with Crippen LogP contribution in [0.3, 0.4) is 0 Å². The first-order valence-corrected chi connectivity index (χ1v) is 13.2. The fourth-order valence-electron chi connectivity index (χ4n) is 4.74. The number of rotatable bonds is 6. The van der Waals surface area contributed by atoms with Gasteiger partial charge < -0.3 is 14.8 Å². The van der Waals surface area contributed by atoms with Crippen LogP contribution in [0.2, 0.25) is 0 Å². The Morgan fingerprint density at radius 1 is 0.972 bits per heavy atom. The van der Waals surface area contributed by atoms with Crippen LogP contribution in [0.5, 0.6) is 5.75 Å². The predicted octanol–water partition coefficient (Wildman–Crippen LogP) is 6.92. The molecule has 0 spiro atoms. The molecule has 0 radical (unpaired) electrons. The first kappa shape index (κ1) is 24.5. The quantitative estimate of drug-likeness (QED) is 0.308. The summed E-state index contributed by atoms with van der Waals surface area (Å²) in [5, 5.41) is 3.33. The van der Waals surface area contributed by atoms with E-state index in [1.807, 2.05) is 73.7 Å². The number of carbonyl (C=O) groups excluding carboxylic acids is 2. The maximum Gasteiger partial charge on any atom is 0.336 e. The van der Waals surface area contributed by atoms with Crippen LogP contribution in [0.1, 0.15) is 46.8 Å². The number of dihydropyridines is 1. The van der Waals surface area contributed by atoms with E-state index in [1.54, 1.807) is 6.92 Å². The number of carbonyl (C=O) groups is 2. The number of Topliss-reactive ketones (excluding diaryl/α,β-unsaturated/α-hetero) is 1. The Balaban J connectivity index is 1.64. The van der Waals surface area contributed by atoms with Crippen molar-refractivity contribution in [3.8, 4) is 5.75 Å². The van der Waals surface area contributed by atoms with Crippen LogP contribution in [-0.4, -0.2) is 18.4 Å². The first-order valence-electron chi connectivity index (χ1n) is 11.6. The van der Waals surface area contributed by atoms with E-state index >= 15 is 0 Å². The van der Waals surface area contributed by atoms with Gasteiger partial charge in [-0.3, -0.25) is 4.79 Å². The molecule has 3 aromatic carbocycles. The summed E-state index contributed by atoms with van der Waals surface area (Å²) in [6.45, 7) is 4.18. The molecular formula is C29H23Br2NO4. The van der Waals surface area contributed by atoms with E-state index in [0.717, 1.165) is 31.3 Å². The van der Waals surface area contributed by atoms with Gasteiger partial charge in [0.1, 0.15) is 12.4 Å². The van der Waals surface area contributed by atoms with Crippen LogP contribution in [-0.2, 0) is 16.1 Å². The van der Waals surface area contributed by atoms with E-state index in [9.17, 15) is 9.59 Å². The summed E-state index contributed by atoms with van der Waals surface area (Å²) in [4.78, 5) is 27.0. The Labute approximate surface area is 226 Å². The molecule has 2 aliphatic rings. The van der Waals surface area contributed by atoms with Crippen molar-refractivity contribution in [3.63, 3.8) is 0 Å². The predicted molar refractivity (Wildman–Crippen MR) is 146 cm³/mol. The van der Waals surface area contributed by atoms with Gasteiger partial charge in [-0.25, -0.2) is 4.79 Å². The molecule has 0 aromatic heterocycles. The minimum atomic E-state index is -0.655. The third kappa shape index (κ3) is 4.42. The molecule has 1 aliphatic heterocycles. The molecule has 0 unspecified atom stereocenters. The number of ether oxygens (including phenoxy) is 2. The van der Waals surface area contributed by atoms with Crippen molar-refractivity contribution in [1.29, 1.82) is 0 Å². The second-order valence-electron chi connectivity index (χ2n) is 8.58. The lowest BCUT2D eigenvalue weighted by Crippen LogP contribution is -2.29. The molecule has 0 amide bonds. The molecule has 7 heteroatoms. The maximum absolute atomic E-state index is 13.7. The van der Waals surface area contributed by atoms with Crippen LogP contribution in [0, 0.1) is 0 Å². The number of hydrogen-bond donors (Lipinski definition) is 1. The van der Waals surface area contributed by atoms with Crippen molar-refractivity contribution in [2.75, 3.05) is 6.61 Å². The van der Waals surface area contributed by atoms with Crippen molar-refractivity contribution >= 4 is 49.3 Å². The van der Waals surface area contributed by atoms with Crippen LogP contribution in [0.25, 0.3) is 5.70 Å². The summed E-state index contributed by atoms with van der Waals surface area (Å²) in [5.41, 5.74) is 5.48. The highest BCUT2D eigenvalue weighted by molar-refractivity contribution is 9.10. The largest absolute Gasteiger partial charge is 0.489 e. The van der Waals surface area contributed by atoms with E-state index < -0.39 is 11.9 Å². The number of halogens is 2. The van der Waals surface area contributed by atoms with Crippen molar-refractivity contribution < 1.29 is 19.1 Å². The third-order valence-electron chi connectivity index (χ3n) is 6.33. The van der Waals surface area contributed by atoms with Crippen LogP contribution >= 0.6 is 31.9 Å². The molecule has 1 N–H and O–H groups in total. The lowest BCUT2D eigenvalue weighted by molar-refractivity contribution is -0.138. The van der Waals surface area contributed by atoms with E-state index in [1.165, 1.54) is 0 Å². The molecule has 0 saturated heterocycles. The van der Waals surface area contributed by atoms with Crippen molar-refractivity contribution in [1.82, 2.24) is 5.32 Å². The number of fused-ring (bicyclic) bond motifs is 2. The highest BCUT2D eigenvalue weighted by Gasteiger charge is 2.44. The highest BCUT2D eigenvalue weighted by atomic mass is 79.9. The molecule has 1 heterocycles. The second kappa shape index (κ2) is 10.1. The smallest absolute Gasteiger partial charge is 0.336 e. The fraction of sp³-hybridized carbons (Fsp3) is 0.172. The normalized spacial score (nSPS) is 16.4. The summed E-state index contributed by atoms with van der Waals surface area (Å²) >= 11 is 7.03. The standard InChI is InChI=1S/C29H23Br2NO4/c1-3-35-29(34)24-16(2)32-27-20-6-4-5-7-21(20)28(33)26(27)25(24)22-14-19(31)12-13-23(22)36-15-17-8-10-18(30)11-9-17/h4-14,25,32H,3,15H2,1-2H3/t25-/m1/s1. The van der Waals surface area contributed by atoms with Gasteiger partial charge in [-0.1, -0.05) is 68.3 Å². The van der Waals surface area contributed by atoms with Gasteiger partial charge in [-0.15, -0.1) is 0 Å². The zero-order valence-corrected chi connectivity index (χ0v) is 22.9. The number of benzene rings is 3. The Hall–Kier alpha value is -3.16. The van der Waals surface area contributed by atoms with E-state index in [2.05, 4.69) is 37.2 Å². The van der Waals surface area contributed by atoms with E-state index in [4.69, 9.17) is 9.47 Å². The van der Waals surface area contributed by atoms with Gasteiger partial charge in [0, 0.05) is 36.9 Å². The molecule has 5 nitrogen and oxygen atoms in total. The van der Waals surface area contributed by atoms with Crippen molar-refractivity contribution in [3.05, 3.63) is 115 Å². The Morgan fingerprint density at radius 2 is 1.67 bits per heavy atom. The number of esters is 1. The fourth-order valence-corrected chi connectivity index (χ4v) is 5.38. The van der Waals surface area contributed by atoms with Gasteiger partial charge in [-0.2, -0.15) is 0 Å². The number of nitrogens with one attached hydrogen (secondary N) is 1. The third-order valence-corrected chi connectivity index (χ3v) is 7.36. The summed E-state index contributed by atoms with van der Waals surface area (Å²) in [5.74, 6) is -0.622. The van der Waals surface area contributed by atoms with Gasteiger partial charge in [0.2, 0.25) is 0 Å². The molecule has 1 atom stereocenters. The van der Waals surface area contributed by atoms with Gasteiger partial charge >= 0.3 is 5.97 Å². The van der Waals surface area contributed by atoms with E-state index in [-0.39, 0.29) is 12.4 Å². The average molecular weight is 609 g/mol. The Bertz CT molecular complexity index is 1440. The Kier molecular flexibility index (Phi) is 6.86. The minimum absolute atomic E-state index is 0.105. The highest BCUT2D eigenvalue weighted by Crippen LogP contribution is 2.49. The molecule has 182 valence electrons. The number of ketones is 1. The molecule has 0 bridgehead atoms. The molecule has 36 heavy (non-hydrogen) atoms. The summed E-state index contributed by atoms with van der Waals surface area (Å²) < 4.78 is 13.5. The molecule has 3 aromatic rings. The van der Waals surface area contributed by atoms with Gasteiger partial charge in [0.05, 0.1) is 23.8 Å². The molecule has 0 saturated carbocycles. The monoisotopic (exact) mass is 607 g/mol. The number of allylic oxidation sites excluding steroid dienone is 2. The molecule has 0 fully saturated rings. The van der Waals surface area contributed by atoms with Crippen LogP contribution in [0.4, 0.5) is 0 Å². The lowest BCUT2D eigenvalue weighted by atomic mass is 9.79. The maximum atomic E-state index is 13.7. The first-order chi connectivity index (χ1) is 17.4. The average Bonchev–Trinajstić information content (AvgIpc) is 3.15. The van der Waals surface area contributed by atoms with Gasteiger partial charge in [-0.05, 0) is 49.7 Å². The molecular weight excluding hydrogens is 586 g/mol. The minimum Gasteiger partial charge on any atom is -0.489 e. The van der Waals surface area contributed by atoms with Crippen molar-refractivity contribution in [2.24, 2.45) is 0 Å². The summed E-state index contributed by atoms with van der Waals surface area (Å²) in [6.07, 6.45) is 0. The summed E-state index contributed by atoms with van der Waals surface area (Å²) in [7, 11) is 0. The summed E-state index contributed by atoms with van der Waals surface area (Å²) in [6, 6.07) is 21.1.